The minimum Gasteiger partial charge on any atom is -0.367 e. The van der Waals surface area contributed by atoms with Crippen LogP contribution in [-0.2, 0) is 9.84 Å². The fourth-order valence-corrected chi connectivity index (χ4v) is 3.86. The van der Waals surface area contributed by atoms with Crippen molar-refractivity contribution in [3.63, 3.8) is 0 Å². The number of sulfone groups is 1. The van der Waals surface area contributed by atoms with Crippen molar-refractivity contribution in [3.8, 4) is 0 Å². The van der Waals surface area contributed by atoms with Crippen LogP contribution in [0.25, 0.3) is 0 Å². The summed E-state index contributed by atoms with van der Waals surface area (Å²) in [6.07, 6.45) is 1.53. The number of hydrogen-bond acceptors (Lipinski definition) is 5. The first-order valence-corrected chi connectivity index (χ1v) is 6.74. The summed E-state index contributed by atoms with van der Waals surface area (Å²) in [4.78, 5) is 0. The van der Waals surface area contributed by atoms with Gasteiger partial charge in [0.1, 0.15) is 0 Å². The third-order valence-corrected chi connectivity index (χ3v) is 4.63. The Kier molecular flexibility index (Phi) is 2.46. The van der Waals surface area contributed by atoms with Gasteiger partial charge in [0.2, 0.25) is 5.88 Å². The zero-order valence-corrected chi connectivity index (χ0v) is 9.38. The van der Waals surface area contributed by atoms with Crippen LogP contribution < -0.4 is 5.73 Å². The molecule has 1 atom stereocenters. The van der Waals surface area contributed by atoms with E-state index < -0.39 is 9.84 Å². The first-order valence-electron chi connectivity index (χ1n) is 4.91. The summed E-state index contributed by atoms with van der Waals surface area (Å²) in [6, 6.07) is 0. The highest BCUT2D eigenvalue weighted by Crippen LogP contribution is 2.33. The van der Waals surface area contributed by atoms with Gasteiger partial charge in [-0.1, -0.05) is 5.16 Å². The third-order valence-electron chi connectivity index (χ3n) is 2.81. The molecule has 1 aliphatic rings. The molecule has 0 radical (unpaired) electrons. The highest BCUT2D eigenvalue weighted by Gasteiger charge is 2.30. The summed E-state index contributed by atoms with van der Waals surface area (Å²) < 4.78 is 27.8. The van der Waals surface area contributed by atoms with Gasteiger partial charge in [0.05, 0.1) is 17.2 Å². The van der Waals surface area contributed by atoms with Crippen molar-refractivity contribution >= 4 is 15.7 Å². The van der Waals surface area contributed by atoms with Crippen molar-refractivity contribution in [2.75, 3.05) is 17.2 Å². The molecule has 1 fully saturated rings. The van der Waals surface area contributed by atoms with Gasteiger partial charge in [-0.3, -0.25) is 0 Å². The van der Waals surface area contributed by atoms with Gasteiger partial charge in [-0.25, -0.2) is 8.42 Å². The maximum atomic E-state index is 11.5. The van der Waals surface area contributed by atoms with E-state index in [2.05, 4.69) is 5.16 Å². The standard InChI is InChI=1S/C9H14N2O3S/c1-6-8(9(10)14-11-6)7-3-2-4-15(12,13)5-7/h7H,2-5,10H2,1H3. The Labute approximate surface area is 88.5 Å². The van der Waals surface area contributed by atoms with Gasteiger partial charge in [0.15, 0.2) is 9.84 Å². The molecule has 1 aliphatic heterocycles. The molecule has 84 valence electrons. The van der Waals surface area contributed by atoms with Crippen LogP contribution in [0, 0.1) is 6.92 Å². The molecule has 2 rings (SSSR count). The topological polar surface area (TPSA) is 86.2 Å². The maximum absolute atomic E-state index is 11.5. The largest absolute Gasteiger partial charge is 0.367 e. The molecule has 0 aliphatic carbocycles. The van der Waals surface area contributed by atoms with E-state index in [0.717, 1.165) is 12.0 Å². The fraction of sp³-hybridized carbons (Fsp3) is 0.667. The summed E-state index contributed by atoms with van der Waals surface area (Å²) >= 11 is 0. The zero-order chi connectivity index (χ0) is 11.1. The first kappa shape index (κ1) is 10.5. The summed E-state index contributed by atoms with van der Waals surface area (Å²) in [5, 5.41) is 3.74. The van der Waals surface area contributed by atoms with E-state index in [9.17, 15) is 8.42 Å². The summed E-state index contributed by atoms with van der Waals surface area (Å²) in [5.41, 5.74) is 7.12. The van der Waals surface area contributed by atoms with Gasteiger partial charge in [0.25, 0.3) is 0 Å². The normalized spacial score (nSPS) is 25.3. The maximum Gasteiger partial charge on any atom is 0.225 e. The number of nitrogen functional groups attached to an aromatic ring is 1. The number of nitrogens with zero attached hydrogens (tertiary/aromatic N) is 1. The van der Waals surface area contributed by atoms with Crippen molar-refractivity contribution in [1.29, 1.82) is 0 Å². The minimum absolute atomic E-state index is 0.0463. The summed E-state index contributed by atoms with van der Waals surface area (Å²) in [7, 11) is -2.92. The van der Waals surface area contributed by atoms with Gasteiger partial charge in [0, 0.05) is 11.5 Å². The van der Waals surface area contributed by atoms with Crippen molar-refractivity contribution in [2.45, 2.75) is 25.7 Å². The molecule has 5 nitrogen and oxygen atoms in total. The lowest BCUT2D eigenvalue weighted by molar-refractivity contribution is 0.430. The average molecular weight is 230 g/mol. The first-order chi connectivity index (χ1) is 6.99. The second kappa shape index (κ2) is 3.52. The number of aromatic nitrogens is 1. The SMILES string of the molecule is Cc1noc(N)c1C1CCCS(=O)(=O)C1. The van der Waals surface area contributed by atoms with Crippen LogP contribution in [-0.4, -0.2) is 25.1 Å². The van der Waals surface area contributed by atoms with Crippen LogP contribution in [0.1, 0.15) is 30.0 Å². The molecule has 0 bridgehead atoms. The predicted octanol–water partition coefficient (Wildman–Crippen LogP) is 0.857. The predicted molar refractivity (Wildman–Crippen MR) is 56.3 cm³/mol. The zero-order valence-electron chi connectivity index (χ0n) is 8.56. The van der Waals surface area contributed by atoms with Crippen molar-refractivity contribution in [1.82, 2.24) is 5.16 Å². The van der Waals surface area contributed by atoms with E-state index in [1.807, 2.05) is 0 Å². The Hall–Kier alpha value is -1.04. The average Bonchev–Trinajstić information content (AvgIpc) is 2.44. The lowest BCUT2D eigenvalue weighted by Gasteiger charge is -2.21. The van der Waals surface area contributed by atoms with Crippen LogP contribution in [0.3, 0.4) is 0 Å². The van der Waals surface area contributed by atoms with Crippen molar-refractivity contribution < 1.29 is 12.9 Å². The summed E-state index contributed by atoms with van der Waals surface area (Å²) in [6.45, 7) is 1.79. The Morgan fingerprint density at radius 1 is 1.53 bits per heavy atom. The highest BCUT2D eigenvalue weighted by molar-refractivity contribution is 7.91. The van der Waals surface area contributed by atoms with Crippen LogP contribution in [0.2, 0.25) is 0 Å². The lowest BCUT2D eigenvalue weighted by atomic mass is 9.96. The highest BCUT2D eigenvalue weighted by atomic mass is 32.2. The number of aryl methyl sites for hydroxylation is 1. The van der Waals surface area contributed by atoms with E-state index in [1.165, 1.54) is 0 Å². The second-order valence-electron chi connectivity index (χ2n) is 4.00. The molecule has 0 spiro atoms. The third kappa shape index (κ3) is 1.99. The number of hydrogen-bond donors (Lipinski definition) is 1. The molecule has 15 heavy (non-hydrogen) atoms. The van der Waals surface area contributed by atoms with Crippen LogP contribution in [0.5, 0.6) is 0 Å². The molecule has 6 heteroatoms. The molecule has 1 aromatic rings. The van der Waals surface area contributed by atoms with E-state index in [0.29, 0.717) is 12.1 Å². The molecule has 1 saturated heterocycles. The Balaban J connectivity index is 2.32. The molecular formula is C9H14N2O3S. The number of anilines is 1. The Morgan fingerprint density at radius 3 is 2.80 bits per heavy atom. The van der Waals surface area contributed by atoms with Crippen LogP contribution in [0.15, 0.2) is 4.52 Å². The van der Waals surface area contributed by atoms with Gasteiger partial charge in [-0.05, 0) is 19.8 Å². The quantitative estimate of drug-likeness (QED) is 0.773. The lowest BCUT2D eigenvalue weighted by Crippen LogP contribution is -2.24. The van der Waals surface area contributed by atoms with E-state index >= 15 is 0 Å². The minimum atomic E-state index is -2.92. The van der Waals surface area contributed by atoms with Gasteiger partial charge in [-0.15, -0.1) is 0 Å². The van der Waals surface area contributed by atoms with Crippen LogP contribution in [0.4, 0.5) is 5.88 Å². The molecule has 1 aromatic heterocycles. The van der Waals surface area contributed by atoms with Gasteiger partial charge < -0.3 is 10.3 Å². The smallest absolute Gasteiger partial charge is 0.225 e. The van der Waals surface area contributed by atoms with E-state index in [-0.39, 0.29) is 23.3 Å². The molecule has 0 saturated carbocycles. The van der Waals surface area contributed by atoms with Crippen molar-refractivity contribution in [2.24, 2.45) is 0 Å². The second-order valence-corrected chi connectivity index (χ2v) is 6.23. The van der Waals surface area contributed by atoms with Gasteiger partial charge >= 0.3 is 0 Å². The van der Waals surface area contributed by atoms with E-state index in [4.69, 9.17) is 10.3 Å². The Bertz CT molecular complexity index is 444. The van der Waals surface area contributed by atoms with Crippen LogP contribution >= 0.6 is 0 Å². The molecule has 2 heterocycles. The summed E-state index contributed by atoms with van der Waals surface area (Å²) in [5.74, 6) is 0.664. The number of rotatable bonds is 1. The number of nitrogens with two attached hydrogens (primary N) is 1. The molecule has 2 N–H and O–H groups in total. The fourth-order valence-electron chi connectivity index (χ4n) is 2.14. The van der Waals surface area contributed by atoms with E-state index in [1.54, 1.807) is 6.92 Å². The monoisotopic (exact) mass is 230 g/mol. The molecular weight excluding hydrogens is 216 g/mol. The molecule has 1 unspecified atom stereocenters. The molecule has 0 amide bonds. The van der Waals surface area contributed by atoms with Crippen molar-refractivity contribution in [3.05, 3.63) is 11.3 Å². The molecule has 0 aromatic carbocycles. The van der Waals surface area contributed by atoms with Gasteiger partial charge in [-0.2, -0.15) is 0 Å². The Morgan fingerprint density at radius 2 is 2.27 bits per heavy atom.